The topological polar surface area (TPSA) is 115 Å². The van der Waals surface area contributed by atoms with E-state index in [-0.39, 0.29) is 28.8 Å². The lowest BCUT2D eigenvalue weighted by Crippen LogP contribution is -2.63. The molecule has 3 N–H and O–H groups in total. The van der Waals surface area contributed by atoms with Crippen molar-refractivity contribution in [2.24, 2.45) is 16.8 Å². The maximum atomic E-state index is 12.4. The number of aliphatic hydroxyl groups is 1. The number of nitrogens with one attached hydrogen (secondary N) is 1. The molecule has 10 heteroatoms. The van der Waals surface area contributed by atoms with Crippen molar-refractivity contribution < 1.29 is 24.5 Å². The number of thioether (sulfide) groups is 1. The number of amides is 1. The van der Waals surface area contributed by atoms with Crippen LogP contribution in [0, 0.1) is 11.8 Å². The van der Waals surface area contributed by atoms with Gasteiger partial charge in [0.05, 0.1) is 24.6 Å². The third-order valence-corrected chi connectivity index (χ3v) is 6.77. The molecule has 0 aromatic rings. The number of aliphatic carboxylic acids is 1. The molecule has 3 rings (SSSR count). The van der Waals surface area contributed by atoms with Gasteiger partial charge in [0.15, 0.2) is 0 Å². The summed E-state index contributed by atoms with van der Waals surface area (Å²) >= 11 is 1.46. The Labute approximate surface area is 168 Å². The van der Waals surface area contributed by atoms with Gasteiger partial charge in [-0.15, -0.1) is 11.8 Å². The van der Waals surface area contributed by atoms with Gasteiger partial charge < -0.3 is 30.1 Å². The Morgan fingerprint density at radius 3 is 2.75 bits per heavy atom. The summed E-state index contributed by atoms with van der Waals surface area (Å²) in [5.41, 5.74) is 0.0569. The molecule has 1 amide bonds. The molecule has 3 aliphatic rings. The quantitative estimate of drug-likeness (QED) is 0.492. The number of hydrogen-bond donors (Lipinski definition) is 3. The number of aliphatic imine (C=N–C) groups is 1. The standard InChI is InChI=1S/C18H28N4O5S/c1-9-13-12(10(2)23)16(24)22(13)14(17(25)26)15(9)28-11-7-19-18(20-8-11)27-6-5-21(3)4/h9-13,23H,5-8H2,1-4H3,(H,19,20)(H,25,26)/t9-,10-,12-,13-/m1/s1. The van der Waals surface area contributed by atoms with E-state index in [1.807, 2.05) is 25.9 Å². The Bertz CT molecular complexity index is 708. The monoisotopic (exact) mass is 412 g/mol. The third kappa shape index (κ3) is 3.85. The van der Waals surface area contributed by atoms with Crippen LogP contribution >= 0.6 is 11.8 Å². The molecular formula is C18H28N4O5S. The second-order valence-electron chi connectivity index (χ2n) is 7.69. The van der Waals surface area contributed by atoms with Gasteiger partial charge in [0.1, 0.15) is 12.3 Å². The number of fused-ring (bicyclic) bond motifs is 1. The van der Waals surface area contributed by atoms with Crippen LogP contribution in [0.25, 0.3) is 0 Å². The molecule has 9 nitrogen and oxygen atoms in total. The summed E-state index contributed by atoms with van der Waals surface area (Å²) in [5, 5.41) is 22.8. The fourth-order valence-corrected chi connectivity index (χ4v) is 5.19. The van der Waals surface area contributed by atoms with Gasteiger partial charge in [-0.1, -0.05) is 6.92 Å². The first-order valence-electron chi connectivity index (χ1n) is 9.43. The zero-order valence-electron chi connectivity index (χ0n) is 16.6. The lowest BCUT2D eigenvalue weighted by atomic mass is 9.79. The van der Waals surface area contributed by atoms with Gasteiger partial charge in [0.25, 0.3) is 6.02 Å². The van der Waals surface area contributed by atoms with Crippen molar-refractivity contribution in [1.82, 2.24) is 15.1 Å². The second kappa shape index (κ2) is 8.30. The molecule has 0 radical (unpaired) electrons. The second-order valence-corrected chi connectivity index (χ2v) is 9.03. The van der Waals surface area contributed by atoms with E-state index in [4.69, 9.17) is 4.74 Å². The molecule has 0 saturated carbocycles. The van der Waals surface area contributed by atoms with Crippen molar-refractivity contribution >= 4 is 29.7 Å². The molecule has 0 aromatic heterocycles. The predicted molar refractivity (Wildman–Crippen MR) is 106 cm³/mol. The highest BCUT2D eigenvalue weighted by atomic mass is 32.2. The Morgan fingerprint density at radius 1 is 1.50 bits per heavy atom. The Hall–Kier alpha value is -1.78. The molecule has 156 valence electrons. The number of aliphatic hydroxyl groups excluding tert-OH is 1. The Balaban J connectivity index is 1.66. The summed E-state index contributed by atoms with van der Waals surface area (Å²) < 4.78 is 5.59. The number of likely N-dealkylation sites (N-methyl/N-ethyl adjacent to an activating group) is 1. The molecule has 0 spiro atoms. The number of β-lactam (4-membered cyclic amide) rings is 1. The smallest absolute Gasteiger partial charge is 0.353 e. The highest BCUT2D eigenvalue weighted by Crippen LogP contribution is 2.51. The van der Waals surface area contributed by atoms with Crippen molar-refractivity contribution in [2.75, 3.05) is 40.3 Å². The number of ether oxygens (including phenoxy) is 1. The summed E-state index contributed by atoms with van der Waals surface area (Å²) in [4.78, 5) is 32.7. The van der Waals surface area contributed by atoms with Crippen molar-refractivity contribution in [3.05, 3.63) is 10.6 Å². The van der Waals surface area contributed by atoms with Crippen LogP contribution in [0.4, 0.5) is 0 Å². The first-order valence-corrected chi connectivity index (χ1v) is 10.3. The van der Waals surface area contributed by atoms with Gasteiger partial charge in [-0.3, -0.25) is 4.79 Å². The molecule has 0 aromatic carbocycles. The zero-order chi connectivity index (χ0) is 20.6. The van der Waals surface area contributed by atoms with Crippen LogP contribution in [-0.4, -0.2) is 95.6 Å². The molecule has 1 unspecified atom stereocenters. The van der Waals surface area contributed by atoms with Gasteiger partial charge in [0.2, 0.25) is 5.91 Å². The number of nitrogens with zero attached hydrogens (tertiary/aromatic N) is 3. The summed E-state index contributed by atoms with van der Waals surface area (Å²) in [6.45, 7) is 5.95. The van der Waals surface area contributed by atoms with Crippen molar-refractivity contribution in [3.63, 3.8) is 0 Å². The van der Waals surface area contributed by atoms with E-state index >= 15 is 0 Å². The van der Waals surface area contributed by atoms with E-state index in [9.17, 15) is 19.8 Å². The lowest BCUT2D eigenvalue weighted by molar-refractivity contribution is -0.163. The molecule has 3 aliphatic heterocycles. The summed E-state index contributed by atoms with van der Waals surface area (Å²) in [6, 6.07) is 0.227. The highest BCUT2D eigenvalue weighted by Gasteiger charge is 2.60. The number of amidine groups is 1. The Morgan fingerprint density at radius 2 is 2.21 bits per heavy atom. The number of carboxylic acid groups (broad SMARTS) is 1. The number of hydrogen-bond acceptors (Lipinski definition) is 8. The zero-order valence-corrected chi connectivity index (χ0v) is 17.4. The van der Waals surface area contributed by atoms with E-state index in [0.29, 0.717) is 30.6 Å². The average molecular weight is 413 g/mol. The van der Waals surface area contributed by atoms with E-state index in [2.05, 4.69) is 10.3 Å². The molecule has 28 heavy (non-hydrogen) atoms. The first kappa shape index (κ1) is 20.9. The predicted octanol–water partition coefficient (Wildman–Crippen LogP) is -0.221. The summed E-state index contributed by atoms with van der Waals surface area (Å²) in [5.74, 6) is -2.08. The number of carbonyl (C=O) groups excluding carboxylic acids is 1. The minimum atomic E-state index is -1.10. The SMILES string of the molecule is C[C@@H](O)[C@H]1C(=O)N2C(C(=O)O)=C(SC3CN=C(OCCN(C)C)NC3)[C@H](C)[C@H]12. The van der Waals surface area contributed by atoms with E-state index in [1.54, 1.807) is 6.92 Å². The normalized spacial score (nSPS) is 30.6. The van der Waals surface area contributed by atoms with Crippen LogP contribution in [0.2, 0.25) is 0 Å². The van der Waals surface area contributed by atoms with Gasteiger partial charge in [-0.2, -0.15) is 0 Å². The third-order valence-electron chi connectivity index (χ3n) is 5.30. The minimum absolute atomic E-state index is 0.0480. The van der Waals surface area contributed by atoms with Crippen LogP contribution in [-0.2, 0) is 14.3 Å². The van der Waals surface area contributed by atoms with Crippen LogP contribution < -0.4 is 5.32 Å². The molecule has 1 fully saturated rings. The number of rotatable bonds is 7. The van der Waals surface area contributed by atoms with Gasteiger partial charge in [-0.05, 0) is 21.0 Å². The van der Waals surface area contributed by atoms with E-state index in [1.165, 1.54) is 16.7 Å². The summed E-state index contributed by atoms with van der Waals surface area (Å²) in [7, 11) is 3.94. The van der Waals surface area contributed by atoms with Gasteiger partial charge in [-0.25, -0.2) is 9.79 Å². The van der Waals surface area contributed by atoms with Gasteiger partial charge in [0, 0.05) is 29.2 Å². The van der Waals surface area contributed by atoms with Crippen molar-refractivity contribution in [1.29, 1.82) is 0 Å². The van der Waals surface area contributed by atoms with E-state index < -0.39 is 18.0 Å². The van der Waals surface area contributed by atoms with Crippen LogP contribution in [0.5, 0.6) is 0 Å². The maximum Gasteiger partial charge on any atom is 0.353 e. The van der Waals surface area contributed by atoms with Crippen LogP contribution in [0.3, 0.4) is 0 Å². The fraction of sp³-hybridized carbons (Fsp3) is 0.722. The molecule has 0 bridgehead atoms. The maximum absolute atomic E-state index is 12.4. The van der Waals surface area contributed by atoms with Gasteiger partial charge >= 0.3 is 5.97 Å². The average Bonchev–Trinajstić information content (AvgIpc) is 2.85. The van der Waals surface area contributed by atoms with Crippen molar-refractivity contribution in [2.45, 2.75) is 31.2 Å². The molecule has 3 heterocycles. The summed E-state index contributed by atoms with van der Waals surface area (Å²) in [6.07, 6.45) is -0.793. The highest BCUT2D eigenvalue weighted by molar-refractivity contribution is 8.03. The van der Waals surface area contributed by atoms with Crippen LogP contribution in [0.15, 0.2) is 15.6 Å². The molecular weight excluding hydrogens is 384 g/mol. The molecule has 1 saturated heterocycles. The lowest BCUT2D eigenvalue weighted by Gasteiger charge is -2.46. The molecule has 0 aliphatic carbocycles. The Kier molecular flexibility index (Phi) is 6.21. The minimum Gasteiger partial charge on any atom is -0.477 e. The first-order chi connectivity index (χ1) is 13.2. The number of carboxylic acids is 1. The van der Waals surface area contributed by atoms with Crippen LogP contribution in [0.1, 0.15) is 13.8 Å². The van der Waals surface area contributed by atoms with Crippen molar-refractivity contribution in [3.8, 4) is 0 Å². The number of carbonyl (C=O) groups is 2. The molecule has 5 atom stereocenters. The fourth-order valence-electron chi connectivity index (χ4n) is 3.87. The van der Waals surface area contributed by atoms with E-state index in [0.717, 1.165) is 6.54 Å². The largest absolute Gasteiger partial charge is 0.477 e.